The Kier molecular flexibility index (Phi) is 11.0. The SMILES string of the molecule is COCOc1cc(Br)cc(OC)c1O[C@H](CO)CO[Si](C(C)C)(C(C)C)C(C)C. The molecule has 1 aromatic rings. The van der Waals surface area contributed by atoms with E-state index in [2.05, 4.69) is 57.5 Å². The summed E-state index contributed by atoms with van der Waals surface area (Å²) >= 11 is 3.44. The number of hydrogen-bond acceptors (Lipinski definition) is 6. The molecule has 0 amide bonds. The molecule has 0 aromatic heterocycles. The van der Waals surface area contributed by atoms with Crippen LogP contribution in [-0.2, 0) is 9.16 Å². The van der Waals surface area contributed by atoms with Crippen molar-refractivity contribution in [3.63, 3.8) is 0 Å². The number of benzene rings is 1. The summed E-state index contributed by atoms with van der Waals surface area (Å²) in [5.41, 5.74) is 1.35. The normalized spacial score (nSPS) is 13.3. The number of methoxy groups -OCH3 is 2. The molecular formula is C21H37BrO6Si. The first-order valence-corrected chi connectivity index (χ1v) is 13.0. The Balaban J connectivity index is 3.11. The second kappa shape index (κ2) is 12.1. The molecule has 1 aromatic carbocycles. The van der Waals surface area contributed by atoms with Crippen LogP contribution in [0.5, 0.6) is 17.2 Å². The molecular weight excluding hydrogens is 456 g/mol. The summed E-state index contributed by atoms with van der Waals surface area (Å²) in [6.45, 7) is 13.6. The van der Waals surface area contributed by atoms with Crippen molar-refractivity contribution in [1.29, 1.82) is 0 Å². The summed E-state index contributed by atoms with van der Waals surface area (Å²) < 4.78 is 29.6. The van der Waals surface area contributed by atoms with Crippen LogP contribution in [0.1, 0.15) is 41.5 Å². The van der Waals surface area contributed by atoms with Crippen LogP contribution in [0.2, 0.25) is 16.6 Å². The van der Waals surface area contributed by atoms with Crippen molar-refractivity contribution in [2.24, 2.45) is 0 Å². The van der Waals surface area contributed by atoms with Gasteiger partial charge in [-0.2, -0.15) is 0 Å². The molecule has 0 aliphatic heterocycles. The summed E-state index contributed by atoms with van der Waals surface area (Å²) in [5.74, 6) is 1.39. The van der Waals surface area contributed by atoms with Crippen molar-refractivity contribution in [1.82, 2.24) is 0 Å². The minimum Gasteiger partial charge on any atom is -0.493 e. The van der Waals surface area contributed by atoms with Crippen LogP contribution < -0.4 is 14.2 Å². The summed E-state index contributed by atoms with van der Waals surface area (Å²) in [6.07, 6.45) is -0.543. The molecule has 168 valence electrons. The van der Waals surface area contributed by atoms with E-state index in [4.69, 9.17) is 23.4 Å². The predicted octanol–water partition coefficient (Wildman–Crippen LogP) is 5.37. The van der Waals surface area contributed by atoms with Gasteiger partial charge in [0.05, 0.1) is 20.3 Å². The van der Waals surface area contributed by atoms with Crippen LogP contribution in [0.3, 0.4) is 0 Å². The molecule has 1 rings (SSSR count). The van der Waals surface area contributed by atoms with Gasteiger partial charge in [0.1, 0.15) is 6.10 Å². The fourth-order valence-electron chi connectivity index (χ4n) is 4.07. The molecule has 0 bridgehead atoms. The average Bonchev–Trinajstić information content (AvgIpc) is 2.65. The maximum Gasteiger partial charge on any atom is 0.204 e. The van der Waals surface area contributed by atoms with E-state index in [0.29, 0.717) is 40.5 Å². The number of ether oxygens (including phenoxy) is 4. The van der Waals surface area contributed by atoms with Gasteiger partial charge in [-0.25, -0.2) is 0 Å². The van der Waals surface area contributed by atoms with Crippen LogP contribution in [0.4, 0.5) is 0 Å². The average molecular weight is 494 g/mol. The number of halogens is 1. The molecule has 8 heteroatoms. The first kappa shape index (κ1) is 26.2. The third kappa shape index (κ3) is 6.59. The van der Waals surface area contributed by atoms with Crippen molar-refractivity contribution >= 4 is 24.2 Å². The van der Waals surface area contributed by atoms with E-state index in [1.807, 2.05) is 0 Å². The Morgan fingerprint density at radius 3 is 1.97 bits per heavy atom. The Labute approximate surface area is 185 Å². The number of hydrogen-bond donors (Lipinski definition) is 1. The lowest BCUT2D eigenvalue weighted by molar-refractivity contribution is 0.0371. The highest BCUT2D eigenvalue weighted by atomic mass is 79.9. The smallest absolute Gasteiger partial charge is 0.204 e. The van der Waals surface area contributed by atoms with Gasteiger partial charge in [-0.15, -0.1) is 0 Å². The molecule has 6 nitrogen and oxygen atoms in total. The molecule has 0 saturated heterocycles. The quantitative estimate of drug-likeness (QED) is 0.294. The molecule has 29 heavy (non-hydrogen) atoms. The highest BCUT2D eigenvalue weighted by Gasteiger charge is 2.45. The lowest BCUT2D eigenvalue weighted by Gasteiger charge is -2.42. The first-order chi connectivity index (χ1) is 13.6. The van der Waals surface area contributed by atoms with Crippen LogP contribution >= 0.6 is 15.9 Å². The van der Waals surface area contributed by atoms with Crippen molar-refractivity contribution in [3.05, 3.63) is 16.6 Å². The van der Waals surface area contributed by atoms with Crippen LogP contribution in [0.15, 0.2) is 16.6 Å². The molecule has 0 spiro atoms. The fourth-order valence-corrected chi connectivity index (χ4v) is 9.96. The highest BCUT2D eigenvalue weighted by Crippen LogP contribution is 2.43. The lowest BCUT2D eigenvalue weighted by Crippen LogP contribution is -2.49. The molecule has 0 radical (unpaired) electrons. The fraction of sp³-hybridized carbons (Fsp3) is 0.714. The van der Waals surface area contributed by atoms with Crippen molar-refractivity contribution in [2.75, 3.05) is 34.2 Å². The van der Waals surface area contributed by atoms with Gasteiger partial charge in [-0.05, 0) is 28.8 Å². The molecule has 1 atom stereocenters. The zero-order valence-electron chi connectivity index (χ0n) is 19.0. The van der Waals surface area contributed by atoms with Gasteiger partial charge in [0, 0.05) is 11.6 Å². The summed E-state index contributed by atoms with van der Waals surface area (Å²) in [7, 11) is 1.04. The topological polar surface area (TPSA) is 66.4 Å². The van der Waals surface area contributed by atoms with Crippen molar-refractivity contribution in [3.8, 4) is 17.2 Å². The second-order valence-electron chi connectivity index (χ2n) is 8.04. The van der Waals surface area contributed by atoms with Crippen molar-refractivity contribution < 1.29 is 28.5 Å². The molecule has 0 aliphatic rings. The highest BCUT2D eigenvalue weighted by molar-refractivity contribution is 9.10. The molecule has 0 aliphatic carbocycles. The Morgan fingerprint density at radius 1 is 0.966 bits per heavy atom. The zero-order valence-corrected chi connectivity index (χ0v) is 21.5. The van der Waals surface area contributed by atoms with E-state index >= 15 is 0 Å². The minimum absolute atomic E-state index is 0.0698. The van der Waals surface area contributed by atoms with E-state index in [1.165, 1.54) is 0 Å². The van der Waals surface area contributed by atoms with E-state index in [9.17, 15) is 5.11 Å². The van der Waals surface area contributed by atoms with Crippen LogP contribution in [0, 0.1) is 0 Å². The second-order valence-corrected chi connectivity index (χ2v) is 14.4. The van der Waals surface area contributed by atoms with Gasteiger partial charge >= 0.3 is 0 Å². The van der Waals surface area contributed by atoms with Crippen LogP contribution in [0.25, 0.3) is 0 Å². The van der Waals surface area contributed by atoms with E-state index < -0.39 is 14.4 Å². The molecule has 0 unspecified atom stereocenters. The third-order valence-electron chi connectivity index (χ3n) is 5.25. The molecule has 0 heterocycles. The Hall–Kier alpha value is -0.803. The van der Waals surface area contributed by atoms with Gasteiger partial charge in [0.15, 0.2) is 18.3 Å². The predicted molar refractivity (Wildman–Crippen MR) is 122 cm³/mol. The maximum atomic E-state index is 9.98. The Bertz CT molecular complexity index is 602. The van der Waals surface area contributed by atoms with Gasteiger partial charge in [-0.1, -0.05) is 57.5 Å². The Morgan fingerprint density at radius 2 is 1.52 bits per heavy atom. The van der Waals surface area contributed by atoms with E-state index in [0.717, 1.165) is 4.47 Å². The summed E-state index contributed by atoms with van der Waals surface area (Å²) in [4.78, 5) is 0. The van der Waals surface area contributed by atoms with Gasteiger partial charge in [-0.3, -0.25) is 0 Å². The van der Waals surface area contributed by atoms with Crippen LogP contribution in [-0.4, -0.2) is 53.8 Å². The third-order valence-corrected chi connectivity index (χ3v) is 11.8. The molecule has 1 N–H and O–H groups in total. The number of aliphatic hydroxyl groups is 1. The van der Waals surface area contributed by atoms with E-state index in [1.54, 1.807) is 26.4 Å². The van der Waals surface area contributed by atoms with Crippen molar-refractivity contribution in [2.45, 2.75) is 64.3 Å². The monoisotopic (exact) mass is 492 g/mol. The van der Waals surface area contributed by atoms with Gasteiger partial charge in [0.25, 0.3) is 0 Å². The number of rotatable bonds is 13. The summed E-state index contributed by atoms with van der Waals surface area (Å²) in [6, 6.07) is 3.57. The zero-order chi connectivity index (χ0) is 22.2. The summed E-state index contributed by atoms with van der Waals surface area (Å²) in [5, 5.41) is 9.98. The maximum absolute atomic E-state index is 9.98. The largest absolute Gasteiger partial charge is 0.493 e. The first-order valence-electron chi connectivity index (χ1n) is 10.0. The van der Waals surface area contributed by atoms with E-state index in [-0.39, 0.29) is 13.4 Å². The van der Waals surface area contributed by atoms with Gasteiger partial charge < -0.3 is 28.5 Å². The lowest BCUT2D eigenvalue weighted by atomic mass is 10.3. The van der Waals surface area contributed by atoms with Gasteiger partial charge in [0.2, 0.25) is 14.1 Å². The standard InChI is InChI=1S/C21H37BrO6Si/c1-14(2)29(15(3)4,16(5)6)27-12-18(11-23)28-21-19(25-8)9-17(22)10-20(21)26-13-24-7/h9-10,14-16,18,23H,11-13H2,1-8H3/t18-/m1/s1. The molecule has 0 fully saturated rings. The molecule has 0 saturated carbocycles. The minimum atomic E-state index is -2.07. The number of aliphatic hydroxyl groups excluding tert-OH is 1.